The van der Waals surface area contributed by atoms with Crippen molar-refractivity contribution < 1.29 is 0 Å². The van der Waals surface area contributed by atoms with Crippen molar-refractivity contribution in [2.45, 2.75) is 27.7 Å². The molecule has 0 heteroatoms. The van der Waals surface area contributed by atoms with Gasteiger partial charge >= 0.3 is 0 Å². The minimum Gasteiger partial charge on any atom is -0.0985 e. The van der Waals surface area contributed by atoms with Gasteiger partial charge in [0.2, 0.25) is 0 Å². The van der Waals surface area contributed by atoms with Crippen molar-refractivity contribution in [3.63, 3.8) is 0 Å². The minimum absolute atomic E-state index is 1.14. The van der Waals surface area contributed by atoms with Crippen LogP contribution in [0.1, 0.15) is 55.5 Å². The largest absolute Gasteiger partial charge is 0.0985 e. The van der Waals surface area contributed by atoms with Gasteiger partial charge in [0.25, 0.3) is 0 Å². The number of rotatable bonds is 5. The van der Waals surface area contributed by atoms with Gasteiger partial charge in [0.15, 0.2) is 0 Å². The first-order valence-electron chi connectivity index (χ1n) is 10.1. The van der Waals surface area contributed by atoms with Crippen molar-refractivity contribution in [3.8, 4) is 0 Å². The third-order valence-electron chi connectivity index (χ3n) is 3.84. The highest BCUT2D eigenvalue weighted by Crippen LogP contribution is 2.13. The van der Waals surface area contributed by atoms with Gasteiger partial charge < -0.3 is 0 Å². The highest BCUT2D eigenvalue weighted by Gasteiger charge is 1.91. The van der Waals surface area contributed by atoms with Crippen LogP contribution in [-0.2, 0) is 0 Å². The van der Waals surface area contributed by atoms with Gasteiger partial charge in [0.1, 0.15) is 0 Å². The summed E-state index contributed by atoms with van der Waals surface area (Å²) in [4.78, 5) is 0. The normalized spacial score (nSPS) is 10.0. The second kappa shape index (κ2) is 14.0. The van der Waals surface area contributed by atoms with Gasteiger partial charge in [0, 0.05) is 0 Å². The predicted octanol–water partition coefficient (Wildman–Crippen LogP) is 8.72. The average Bonchev–Trinajstić information content (AvgIpc) is 2.81. The highest BCUT2D eigenvalue weighted by molar-refractivity contribution is 5.73. The summed E-state index contributed by atoms with van der Waals surface area (Å²) in [5.41, 5.74) is 5.94. The van der Waals surface area contributed by atoms with Crippen LogP contribution in [0.15, 0.2) is 85.4 Å². The molecule has 0 radical (unpaired) electrons. The summed E-state index contributed by atoms with van der Waals surface area (Å²) in [5.74, 6) is 0. The maximum absolute atomic E-state index is 3.77. The molecule has 0 aliphatic carbocycles. The molecule has 0 nitrogen and oxygen atoms in total. The molecule has 3 aromatic rings. The maximum Gasteiger partial charge on any atom is -0.0256 e. The van der Waals surface area contributed by atoms with Crippen LogP contribution in [0.25, 0.3) is 30.4 Å². The molecule has 0 atom stereocenters. The van der Waals surface area contributed by atoms with Gasteiger partial charge in [-0.1, -0.05) is 144 Å². The third-order valence-corrected chi connectivity index (χ3v) is 3.84. The summed E-state index contributed by atoms with van der Waals surface area (Å²) < 4.78 is 0. The molecular formula is C28H32. The SMILES string of the molecule is C=Cc1ccc(/C=C/c2ccc(/C=C/c3ccccc3)cc2)cc1.CC.CC. The van der Waals surface area contributed by atoms with E-state index in [1.54, 1.807) is 0 Å². The van der Waals surface area contributed by atoms with Crippen LogP contribution in [-0.4, -0.2) is 0 Å². The Bertz CT molecular complexity index is 833. The zero-order valence-electron chi connectivity index (χ0n) is 17.6. The lowest BCUT2D eigenvalue weighted by Gasteiger charge is -1.98. The second-order valence-corrected chi connectivity index (χ2v) is 5.61. The fraction of sp³-hybridized carbons (Fsp3) is 0.143. The Balaban J connectivity index is 0.000000921. The van der Waals surface area contributed by atoms with Crippen molar-refractivity contribution in [2.75, 3.05) is 0 Å². The summed E-state index contributed by atoms with van der Waals surface area (Å²) in [7, 11) is 0. The molecule has 0 aromatic heterocycles. The smallest absolute Gasteiger partial charge is 0.0256 e. The van der Waals surface area contributed by atoms with Crippen molar-refractivity contribution in [1.29, 1.82) is 0 Å². The average molecular weight is 369 g/mol. The lowest BCUT2D eigenvalue weighted by molar-refractivity contribution is 1.50. The first-order valence-corrected chi connectivity index (χ1v) is 10.1. The minimum atomic E-state index is 1.14. The van der Waals surface area contributed by atoms with E-state index in [1.807, 2.05) is 39.8 Å². The Labute approximate surface area is 171 Å². The second-order valence-electron chi connectivity index (χ2n) is 5.61. The molecule has 0 aliphatic heterocycles. The van der Waals surface area contributed by atoms with Gasteiger partial charge in [-0.15, -0.1) is 0 Å². The topological polar surface area (TPSA) is 0 Å². The molecule has 0 N–H and O–H groups in total. The molecule has 0 heterocycles. The summed E-state index contributed by atoms with van der Waals surface area (Å²) in [5, 5.41) is 0. The molecule has 3 rings (SSSR count). The molecule has 0 saturated heterocycles. The van der Waals surface area contributed by atoms with E-state index >= 15 is 0 Å². The van der Waals surface area contributed by atoms with Crippen LogP contribution in [0.2, 0.25) is 0 Å². The molecule has 3 aromatic carbocycles. The molecule has 28 heavy (non-hydrogen) atoms. The number of benzene rings is 3. The highest BCUT2D eigenvalue weighted by atomic mass is 14.0. The Kier molecular flexibility index (Phi) is 11.5. The van der Waals surface area contributed by atoms with Gasteiger partial charge in [-0.05, 0) is 27.8 Å². The molecule has 0 fully saturated rings. The monoisotopic (exact) mass is 368 g/mol. The molecule has 0 unspecified atom stereocenters. The van der Waals surface area contributed by atoms with Gasteiger partial charge in [-0.3, -0.25) is 0 Å². The van der Waals surface area contributed by atoms with Crippen LogP contribution >= 0.6 is 0 Å². The first-order chi connectivity index (χ1) is 13.8. The standard InChI is InChI=1S/C24H20.2C2H6/c1-2-20-8-10-22(11-9-20)14-15-24-18-16-23(17-19-24)13-12-21-6-4-3-5-7-21;2*1-2/h2-19H,1H2;2*1-2H3/b13-12+,15-14+;;. The Morgan fingerprint density at radius 3 is 1.04 bits per heavy atom. The molecule has 0 spiro atoms. The Morgan fingerprint density at radius 1 is 0.429 bits per heavy atom. The van der Waals surface area contributed by atoms with E-state index in [4.69, 9.17) is 0 Å². The van der Waals surface area contributed by atoms with Crippen LogP contribution in [0, 0.1) is 0 Å². The molecule has 0 saturated carbocycles. The number of hydrogen-bond donors (Lipinski definition) is 0. The molecule has 144 valence electrons. The van der Waals surface area contributed by atoms with Crippen molar-refractivity contribution >= 4 is 30.4 Å². The van der Waals surface area contributed by atoms with E-state index in [-0.39, 0.29) is 0 Å². The van der Waals surface area contributed by atoms with Crippen LogP contribution in [0.3, 0.4) is 0 Å². The van der Waals surface area contributed by atoms with Gasteiger partial charge in [-0.25, -0.2) is 0 Å². The summed E-state index contributed by atoms with van der Waals surface area (Å²) >= 11 is 0. The van der Waals surface area contributed by atoms with Gasteiger partial charge in [-0.2, -0.15) is 0 Å². The van der Waals surface area contributed by atoms with Crippen molar-refractivity contribution in [2.24, 2.45) is 0 Å². The van der Waals surface area contributed by atoms with E-state index in [0.717, 1.165) is 5.56 Å². The van der Waals surface area contributed by atoms with E-state index < -0.39 is 0 Å². The lowest BCUT2D eigenvalue weighted by Crippen LogP contribution is -1.76. The predicted molar refractivity (Wildman–Crippen MR) is 130 cm³/mol. The van der Waals surface area contributed by atoms with Crippen LogP contribution < -0.4 is 0 Å². The van der Waals surface area contributed by atoms with Crippen molar-refractivity contribution in [1.82, 2.24) is 0 Å². The van der Waals surface area contributed by atoms with E-state index in [1.165, 1.54) is 22.3 Å². The summed E-state index contributed by atoms with van der Waals surface area (Å²) in [6.07, 6.45) is 10.4. The van der Waals surface area contributed by atoms with Crippen molar-refractivity contribution in [3.05, 3.63) is 113 Å². The quantitative estimate of drug-likeness (QED) is 0.395. The molecule has 0 bridgehead atoms. The first kappa shape index (κ1) is 22.9. The Morgan fingerprint density at radius 2 is 0.714 bits per heavy atom. The summed E-state index contributed by atoms with van der Waals surface area (Å²) in [6, 6.07) is 27.2. The van der Waals surface area contributed by atoms with Crippen LogP contribution in [0.5, 0.6) is 0 Å². The van der Waals surface area contributed by atoms with E-state index in [2.05, 4.69) is 104 Å². The third kappa shape index (κ3) is 8.05. The Hall–Kier alpha value is -3.12. The molecular weight excluding hydrogens is 336 g/mol. The fourth-order valence-electron chi connectivity index (χ4n) is 2.41. The molecule has 0 amide bonds. The molecule has 0 aliphatic rings. The fourth-order valence-corrected chi connectivity index (χ4v) is 2.41. The zero-order valence-corrected chi connectivity index (χ0v) is 17.6. The summed E-state index contributed by atoms with van der Waals surface area (Å²) in [6.45, 7) is 11.8. The zero-order chi connectivity index (χ0) is 20.6. The van der Waals surface area contributed by atoms with Crippen LogP contribution in [0.4, 0.5) is 0 Å². The van der Waals surface area contributed by atoms with Gasteiger partial charge in [0.05, 0.1) is 0 Å². The van der Waals surface area contributed by atoms with E-state index in [9.17, 15) is 0 Å². The number of hydrogen-bond acceptors (Lipinski definition) is 0. The maximum atomic E-state index is 3.77. The lowest BCUT2D eigenvalue weighted by atomic mass is 10.1. The van der Waals surface area contributed by atoms with E-state index in [0.29, 0.717) is 0 Å².